The van der Waals surface area contributed by atoms with Gasteiger partial charge in [-0.25, -0.2) is 4.79 Å². The van der Waals surface area contributed by atoms with Gasteiger partial charge in [0.15, 0.2) is 0 Å². The molecule has 0 heterocycles. The molecule has 0 aliphatic heterocycles. The van der Waals surface area contributed by atoms with Crippen LogP contribution in [0.5, 0.6) is 5.75 Å². The predicted octanol–water partition coefficient (Wildman–Crippen LogP) is 3.39. The molecule has 122 valence electrons. The van der Waals surface area contributed by atoms with Gasteiger partial charge >= 0.3 is 16.1 Å². The van der Waals surface area contributed by atoms with Crippen LogP contribution in [-0.2, 0) is 14.9 Å². The van der Waals surface area contributed by atoms with Crippen molar-refractivity contribution in [2.24, 2.45) is 0 Å². The number of carbonyl (C=O) groups excluding carboxylic acids is 1. The van der Waals surface area contributed by atoms with Gasteiger partial charge in [-0.15, -0.1) is 0 Å². The number of methoxy groups -OCH3 is 1. The first-order valence-electron chi connectivity index (χ1n) is 7.11. The molecule has 0 bridgehead atoms. The van der Waals surface area contributed by atoms with Gasteiger partial charge in [-0.05, 0) is 41.1 Å². The summed E-state index contributed by atoms with van der Waals surface area (Å²) in [6.45, 7) is 0. The number of esters is 1. The molecule has 6 heteroatoms. The Hall–Kier alpha value is -2.86. The monoisotopic (exact) mass is 342 g/mol. The fourth-order valence-corrected chi connectivity index (χ4v) is 3.25. The molecule has 0 unspecified atom stereocenters. The lowest BCUT2D eigenvalue weighted by Gasteiger charge is -2.09. The second-order valence-electron chi connectivity index (χ2n) is 5.07. The van der Waals surface area contributed by atoms with Crippen molar-refractivity contribution in [3.8, 4) is 5.75 Å². The van der Waals surface area contributed by atoms with Gasteiger partial charge in [0, 0.05) is 0 Å². The first-order valence-corrected chi connectivity index (χ1v) is 8.52. The lowest BCUT2D eigenvalue weighted by Crippen LogP contribution is -2.10. The zero-order valence-electron chi connectivity index (χ0n) is 12.8. The summed E-state index contributed by atoms with van der Waals surface area (Å²) in [5.41, 5.74) is 0.212. The van der Waals surface area contributed by atoms with Gasteiger partial charge in [0.1, 0.15) is 10.6 Å². The van der Waals surface area contributed by atoms with Crippen LogP contribution in [0.1, 0.15) is 10.4 Å². The van der Waals surface area contributed by atoms with Crippen LogP contribution < -0.4 is 4.18 Å². The minimum absolute atomic E-state index is 0.0460. The van der Waals surface area contributed by atoms with Gasteiger partial charge in [-0.3, -0.25) is 0 Å². The maximum Gasteiger partial charge on any atom is 0.339 e. The standard InChI is InChI=1S/C18H14O5S/c1-22-18(19)15-7-4-8-16(11-15)23-24(20,21)17-10-9-13-5-2-3-6-14(13)12-17/h2-12H,1H3. The molecule has 3 aromatic rings. The molecule has 0 spiro atoms. The molecule has 5 nitrogen and oxygen atoms in total. The van der Waals surface area contributed by atoms with Gasteiger partial charge in [0.25, 0.3) is 0 Å². The van der Waals surface area contributed by atoms with E-state index >= 15 is 0 Å². The van der Waals surface area contributed by atoms with E-state index in [4.69, 9.17) is 4.18 Å². The number of hydrogen-bond donors (Lipinski definition) is 0. The molecule has 0 atom stereocenters. The summed E-state index contributed by atoms with van der Waals surface area (Å²) in [6, 6.07) is 18.0. The van der Waals surface area contributed by atoms with E-state index < -0.39 is 16.1 Å². The van der Waals surface area contributed by atoms with Crippen molar-refractivity contribution in [3.63, 3.8) is 0 Å². The zero-order valence-corrected chi connectivity index (χ0v) is 13.6. The number of rotatable bonds is 4. The van der Waals surface area contributed by atoms with Crippen LogP contribution in [0.15, 0.2) is 71.6 Å². The van der Waals surface area contributed by atoms with Crippen LogP contribution in [0.2, 0.25) is 0 Å². The first-order chi connectivity index (χ1) is 11.5. The predicted molar refractivity (Wildman–Crippen MR) is 89.5 cm³/mol. The van der Waals surface area contributed by atoms with Gasteiger partial charge < -0.3 is 8.92 Å². The van der Waals surface area contributed by atoms with Crippen LogP contribution >= 0.6 is 0 Å². The molecule has 0 saturated heterocycles. The van der Waals surface area contributed by atoms with E-state index in [2.05, 4.69) is 4.74 Å². The van der Waals surface area contributed by atoms with E-state index in [-0.39, 0.29) is 16.2 Å². The smallest absolute Gasteiger partial charge is 0.339 e. The fourth-order valence-electron chi connectivity index (χ4n) is 2.29. The molecule has 3 rings (SSSR count). The highest BCUT2D eigenvalue weighted by Gasteiger charge is 2.18. The Morgan fingerprint density at radius 3 is 2.38 bits per heavy atom. The highest BCUT2D eigenvalue weighted by atomic mass is 32.2. The third-order valence-corrected chi connectivity index (χ3v) is 4.71. The summed E-state index contributed by atoms with van der Waals surface area (Å²) in [5.74, 6) is -0.519. The number of carbonyl (C=O) groups is 1. The maximum absolute atomic E-state index is 12.5. The number of hydrogen-bond acceptors (Lipinski definition) is 5. The Morgan fingerprint density at radius 1 is 0.875 bits per heavy atom. The van der Waals surface area contributed by atoms with Crippen LogP contribution in [0.3, 0.4) is 0 Å². The molecule has 0 saturated carbocycles. The minimum Gasteiger partial charge on any atom is -0.465 e. The topological polar surface area (TPSA) is 69.7 Å². The van der Waals surface area contributed by atoms with E-state index in [1.807, 2.05) is 24.3 Å². The van der Waals surface area contributed by atoms with Crippen molar-refractivity contribution in [2.45, 2.75) is 4.90 Å². The maximum atomic E-state index is 12.5. The van der Waals surface area contributed by atoms with Crippen LogP contribution in [0.25, 0.3) is 10.8 Å². The quantitative estimate of drug-likeness (QED) is 0.537. The molecule has 0 N–H and O–H groups in total. The van der Waals surface area contributed by atoms with Crippen LogP contribution in [-0.4, -0.2) is 21.5 Å². The van der Waals surface area contributed by atoms with Crippen molar-refractivity contribution >= 4 is 26.9 Å². The van der Waals surface area contributed by atoms with E-state index in [0.29, 0.717) is 0 Å². The van der Waals surface area contributed by atoms with Gasteiger partial charge in [-0.2, -0.15) is 8.42 Å². The molecule has 0 amide bonds. The van der Waals surface area contributed by atoms with Crippen LogP contribution in [0, 0.1) is 0 Å². The van der Waals surface area contributed by atoms with Crippen LogP contribution in [0.4, 0.5) is 0 Å². The van der Waals surface area contributed by atoms with Crippen molar-refractivity contribution in [1.29, 1.82) is 0 Å². The summed E-state index contributed by atoms with van der Waals surface area (Å²) in [7, 11) is -2.75. The fraction of sp³-hybridized carbons (Fsp3) is 0.0556. The molecule has 0 aliphatic rings. The lowest BCUT2D eigenvalue weighted by molar-refractivity contribution is 0.0600. The number of ether oxygens (including phenoxy) is 1. The Labute approximate surface area is 139 Å². The van der Waals surface area contributed by atoms with Crippen molar-refractivity contribution < 1.29 is 22.1 Å². The average molecular weight is 342 g/mol. The van der Waals surface area contributed by atoms with Gasteiger partial charge in [0.2, 0.25) is 0 Å². The summed E-state index contributed by atoms with van der Waals surface area (Å²) in [4.78, 5) is 11.6. The Kier molecular flexibility index (Phi) is 4.22. The second-order valence-corrected chi connectivity index (χ2v) is 6.61. The van der Waals surface area contributed by atoms with Crippen molar-refractivity contribution in [1.82, 2.24) is 0 Å². The molecule has 0 aromatic heterocycles. The Bertz CT molecular complexity index is 1010. The highest BCUT2D eigenvalue weighted by Crippen LogP contribution is 2.23. The van der Waals surface area contributed by atoms with E-state index in [1.54, 1.807) is 12.1 Å². The first kappa shape index (κ1) is 16.0. The van der Waals surface area contributed by atoms with E-state index in [0.717, 1.165) is 10.8 Å². The third kappa shape index (κ3) is 3.23. The summed E-state index contributed by atoms with van der Waals surface area (Å²) in [5, 5.41) is 1.73. The highest BCUT2D eigenvalue weighted by molar-refractivity contribution is 7.87. The summed E-state index contributed by atoms with van der Waals surface area (Å²) < 4.78 is 34.7. The molecular formula is C18H14O5S. The van der Waals surface area contributed by atoms with Gasteiger partial charge in [-0.1, -0.05) is 36.4 Å². The van der Waals surface area contributed by atoms with E-state index in [9.17, 15) is 13.2 Å². The normalized spacial score (nSPS) is 11.2. The Balaban J connectivity index is 1.94. The third-order valence-electron chi connectivity index (χ3n) is 3.47. The van der Waals surface area contributed by atoms with Crippen molar-refractivity contribution in [2.75, 3.05) is 7.11 Å². The lowest BCUT2D eigenvalue weighted by atomic mass is 10.1. The van der Waals surface area contributed by atoms with E-state index in [1.165, 1.54) is 37.4 Å². The molecule has 0 fully saturated rings. The molecular weight excluding hydrogens is 328 g/mol. The molecule has 24 heavy (non-hydrogen) atoms. The zero-order chi connectivity index (χ0) is 17.2. The second kappa shape index (κ2) is 6.33. The Morgan fingerprint density at radius 2 is 1.62 bits per heavy atom. The average Bonchev–Trinajstić information content (AvgIpc) is 2.60. The number of fused-ring (bicyclic) bond motifs is 1. The van der Waals surface area contributed by atoms with Crippen molar-refractivity contribution in [3.05, 3.63) is 72.3 Å². The number of benzene rings is 3. The molecule has 0 radical (unpaired) electrons. The largest absolute Gasteiger partial charge is 0.465 e. The minimum atomic E-state index is -4.01. The SMILES string of the molecule is COC(=O)c1cccc(OS(=O)(=O)c2ccc3ccccc3c2)c1. The van der Waals surface area contributed by atoms with Gasteiger partial charge in [0.05, 0.1) is 12.7 Å². The summed E-state index contributed by atoms with van der Waals surface area (Å²) >= 11 is 0. The molecule has 0 aliphatic carbocycles. The molecule has 3 aromatic carbocycles. The summed E-state index contributed by atoms with van der Waals surface area (Å²) in [6.07, 6.45) is 0.